The van der Waals surface area contributed by atoms with E-state index in [1.54, 1.807) is 4.90 Å². The van der Waals surface area contributed by atoms with Gasteiger partial charge in [-0.15, -0.1) is 0 Å². The number of carbonyl (C=O) groups excluding carboxylic acids is 1. The molecule has 0 aromatic heterocycles. The first kappa shape index (κ1) is 9.06. The zero-order valence-corrected chi connectivity index (χ0v) is 8.14. The highest BCUT2D eigenvalue weighted by atomic mass is 16.6. The average Bonchev–Trinajstić information content (AvgIpc) is 2.61. The Labute approximate surface area is 83.3 Å². The van der Waals surface area contributed by atoms with E-state index < -0.39 is 0 Å². The zero-order chi connectivity index (χ0) is 9.97. The van der Waals surface area contributed by atoms with Crippen LogP contribution in [0.2, 0.25) is 0 Å². The number of amides is 1. The zero-order valence-electron chi connectivity index (χ0n) is 8.14. The van der Waals surface area contributed by atoms with Gasteiger partial charge in [0.1, 0.15) is 6.61 Å². The fourth-order valence-corrected chi connectivity index (χ4v) is 1.75. The van der Waals surface area contributed by atoms with Gasteiger partial charge in [0.05, 0.1) is 6.04 Å². The molecule has 0 saturated carbocycles. The molecule has 1 heterocycles. The molecule has 1 aliphatic heterocycles. The van der Waals surface area contributed by atoms with E-state index in [0.29, 0.717) is 13.2 Å². The molecular weight excluding hydrogens is 178 g/mol. The number of likely N-dealkylation sites (N-methyl/N-ethyl adjacent to an activating group) is 1. The van der Waals surface area contributed by atoms with Crippen molar-refractivity contribution in [1.82, 2.24) is 4.90 Å². The van der Waals surface area contributed by atoms with E-state index in [2.05, 4.69) is 0 Å². The standard InChI is InChI=1S/C11H13NO2/c1-2-12-10(8-14-11(12)13)9-6-4-3-5-7-9/h3-7,10H,2,8H2,1H3. The predicted molar refractivity (Wildman–Crippen MR) is 52.9 cm³/mol. The Bertz CT molecular complexity index is 323. The molecule has 1 fully saturated rings. The number of cyclic esters (lactones) is 1. The number of rotatable bonds is 2. The van der Waals surface area contributed by atoms with Crippen LogP contribution >= 0.6 is 0 Å². The van der Waals surface area contributed by atoms with E-state index >= 15 is 0 Å². The fraction of sp³-hybridized carbons (Fsp3) is 0.364. The second-order valence-corrected chi connectivity index (χ2v) is 3.29. The van der Waals surface area contributed by atoms with Crippen molar-refractivity contribution in [2.24, 2.45) is 0 Å². The lowest BCUT2D eigenvalue weighted by Crippen LogP contribution is -2.27. The quantitative estimate of drug-likeness (QED) is 0.717. The van der Waals surface area contributed by atoms with Crippen LogP contribution in [0.25, 0.3) is 0 Å². The van der Waals surface area contributed by atoms with Crippen molar-refractivity contribution in [2.75, 3.05) is 13.2 Å². The normalized spacial score (nSPS) is 21.1. The van der Waals surface area contributed by atoms with E-state index in [4.69, 9.17) is 4.74 Å². The Morgan fingerprint density at radius 2 is 2.14 bits per heavy atom. The van der Waals surface area contributed by atoms with E-state index in [9.17, 15) is 4.79 Å². The minimum absolute atomic E-state index is 0.0914. The SMILES string of the molecule is CCN1C(=O)OCC1c1ccccc1. The lowest BCUT2D eigenvalue weighted by molar-refractivity contribution is 0.159. The third kappa shape index (κ3) is 1.45. The lowest BCUT2D eigenvalue weighted by atomic mass is 10.1. The minimum Gasteiger partial charge on any atom is -0.447 e. The maximum absolute atomic E-state index is 11.3. The molecule has 2 rings (SSSR count). The summed E-state index contributed by atoms with van der Waals surface area (Å²) >= 11 is 0. The van der Waals surface area contributed by atoms with E-state index in [0.717, 1.165) is 5.56 Å². The van der Waals surface area contributed by atoms with Gasteiger partial charge in [-0.1, -0.05) is 30.3 Å². The molecular formula is C11H13NO2. The summed E-state index contributed by atoms with van der Waals surface area (Å²) in [6.07, 6.45) is -0.207. The summed E-state index contributed by atoms with van der Waals surface area (Å²) in [6, 6.07) is 10.1. The molecule has 0 spiro atoms. The first-order valence-corrected chi connectivity index (χ1v) is 4.81. The Morgan fingerprint density at radius 1 is 1.43 bits per heavy atom. The third-order valence-electron chi connectivity index (χ3n) is 2.50. The second kappa shape index (κ2) is 3.70. The molecule has 1 aliphatic rings. The van der Waals surface area contributed by atoms with Gasteiger partial charge in [0, 0.05) is 6.54 Å². The van der Waals surface area contributed by atoms with Crippen LogP contribution in [0.1, 0.15) is 18.5 Å². The Hall–Kier alpha value is -1.51. The van der Waals surface area contributed by atoms with Crippen LogP contribution in [0.4, 0.5) is 4.79 Å². The van der Waals surface area contributed by atoms with Gasteiger partial charge in [-0.2, -0.15) is 0 Å². The number of carbonyl (C=O) groups is 1. The van der Waals surface area contributed by atoms with Crippen LogP contribution < -0.4 is 0 Å². The maximum atomic E-state index is 11.3. The third-order valence-corrected chi connectivity index (χ3v) is 2.50. The van der Waals surface area contributed by atoms with Gasteiger partial charge in [0.2, 0.25) is 0 Å². The van der Waals surface area contributed by atoms with Crippen LogP contribution in [0.15, 0.2) is 30.3 Å². The van der Waals surface area contributed by atoms with Crippen molar-refractivity contribution in [3.63, 3.8) is 0 Å². The lowest BCUT2D eigenvalue weighted by Gasteiger charge is -2.19. The van der Waals surface area contributed by atoms with Gasteiger partial charge < -0.3 is 4.74 Å². The molecule has 1 amide bonds. The molecule has 3 nitrogen and oxygen atoms in total. The average molecular weight is 191 g/mol. The summed E-state index contributed by atoms with van der Waals surface area (Å²) in [5.41, 5.74) is 1.14. The summed E-state index contributed by atoms with van der Waals surface area (Å²) in [6.45, 7) is 3.12. The summed E-state index contributed by atoms with van der Waals surface area (Å²) in [5, 5.41) is 0. The maximum Gasteiger partial charge on any atom is 0.410 e. The van der Waals surface area contributed by atoms with Gasteiger partial charge in [0.15, 0.2) is 0 Å². The highest BCUT2D eigenvalue weighted by molar-refractivity contribution is 5.70. The second-order valence-electron chi connectivity index (χ2n) is 3.29. The van der Waals surface area contributed by atoms with Gasteiger partial charge in [-0.05, 0) is 12.5 Å². The number of benzene rings is 1. The smallest absolute Gasteiger partial charge is 0.410 e. The molecule has 0 N–H and O–H groups in total. The number of hydrogen-bond acceptors (Lipinski definition) is 2. The number of ether oxygens (including phenoxy) is 1. The first-order chi connectivity index (χ1) is 6.83. The molecule has 0 bridgehead atoms. The van der Waals surface area contributed by atoms with Crippen LogP contribution in [-0.2, 0) is 4.74 Å². The van der Waals surface area contributed by atoms with Gasteiger partial charge in [-0.25, -0.2) is 4.79 Å². The molecule has 1 aromatic carbocycles. The van der Waals surface area contributed by atoms with Gasteiger partial charge in [0.25, 0.3) is 0 Å². The Kier molecular flexibility index (Phi) is 2.39. The van der Waals surface area contributed by atoms with Crippen molar-refractivity contribution >= 4 is 6.09 Å². The van der Waals surface area contributed by atoms with Crippen LogP contribution in [0, 0.1) is 0 Å². The molecule has 14 heavy (non-hydrogen) atoms. The largest absolute Gasteiger partial charge is 0.447 e. The molecule has 0 radical (unpaired) electrons. The van der Waals surface area contributed by atoms with E-state index in [1.165, 1.54) is 0 Å². The highest BCUT2D eigenvalue weighted by Gasteiger charge is 2.32. The molecule has 3 heteroatoms. The molecule has 1 atom stereocenters. The highest BCUT2D eigenvalue weighted by Crippen LogP contribution is 2.26. The van der Waals surface area contributed by atoms with Crippen LogP contribution in [0.5, 0.6) is 0 Å². The van der Waals surface area contributed by atoms with Gasteiger partial charge >= 0.3 is 6.09 Å². The predicted octanol–water partition coefficient (Wildman–Crippen LogP) is 2.20. The topological polar surface area (TPSA) is 29.5 Å². The summed E-state index contributed by atoms with van der Waals surface area (Å²) < 4.78 is 5.01. The molecule has 1 saturated heterocycles. The van der Waals surface area contributed by atoms with E-state index in [-0.39, 0.29) is 12.1 Å². The Morgan fingerprint density at radius 3 is 2.79 bits per heavy atom. The monoisotopic (exact) mass is 191 g/mol. The summed E-state index contributed by atoms with van der Waals surface area (Å²) in [4.78, 5) is 13.0. The van der Waals surface area contributed by atoms with Crippen molar-refractivity contribution in [1.29, 1.82) is 0 Å². The van der Waals surface area contributed by atoms with Crippen molar-refractivity contribution in [3.05, 3.63) is 35.9 Å². The van der Waals surface area contributed by atoms with Crippen molar-refractivity contribution in [2.45, 2.75) is 13.0 Å². The van der Waals surface area contributed by atoms with Gasteiger partial charge in [-0.3, -0.25) is 4.90 Å². The molecule has 0 aliphatic carbocycles. The fourth-order valence-electron chi connectivity index (χ4n) is 1.75. The number of nitrogens with zero attached hydrogens (tertiary/aromatic N) is 1. The molecule has 74 valence electrons. The van der Waals surface area contributed by atoms with Crippen LogP contribution in [0.3, 0.4) is 0 Å². The minimum atomic E-state index is -0.207. The number of hydrogen-bond donors (Lipinski definition) is 0. The van der Waals surface area contributed by atoms with Crippen LogP contribution in [-0.4, -0.2) is 24.1 Å². The summed E-state index contributed by atoms with van der Waals surface area (Å²) in [5.74, 6) is 0. The molecule has 1 aromatic rings. The summed E-state index contributed by atoms with van der Waals surface area (Å²) in [7, 11) is 0. The molecule has 1 unspecified atom stereocenters. The Balaban J connectivity index is 2.23. The first-order valence-electron chi connectivity index (χ1n) is 4.81. The van der Waals surface area contributed by atoms with Crippen molar-refractivity contribution in [3.8, 4) is 0 Å². The van der Waals surface area contributed by atoms with E-state index in [1.807, 2.05) is 37.3 Å². The van der Waals surface area contributed by atoms with Crippen molar-refractivity contribution < 1.29 is 9.53 Å².